The van der Waals surface area contributed by atoms with Gasteiger partial charge in [0, 0.05) is 38.2 Å². The molecule has 3 rings (SSSR count). The molecule has 3 N–H and O–H groups in total. The molecule has 2 aromatic rings. The van der Waals surface area contributed by atoms with Gasteiger partial charge in [0.15, 0.2) is 5.96 Å². The minimum atomic E-state index is 0.0662. The van der Waals surface area contributed by atoms with E-state index in [1.54, 1.807) is 7.05 Å². The average Bonchev–Trinajstić information content (AvgIpc) is 2.67. The minimum absolute atomic E-state index is 0.0662. The van der Waals surface area contributed by atoms with Crippen molar-refractivity contribution in [1.82, 2.24) is 10.6 Å². The molecule has 0 radical (unpaired) electrons. The van der Waals surface area contributed by atoms with Gasteiger partial charge >= 0.3 is 0 Å². The van der Waals surface area contributed by atoms with Gasteiger partial charge in [-0.1, -0.05) is 55.0 Å². The van der Waals surface area contributed by atoms with Crippen LogP contribution in [0.2, 0.25) is 0 Å². The van der Waals surface area contributed by atoms with Crippen molar-refractivity contribution in [3.8, 4) is 0 Å². The number of aliphatic imine (C=N–C) groups is 1. The number of carbonyl (C=O) groups excluding carboxylic acids is 1. The highest BCUT2D eigenvalue weighted by atomic mass is 16.1. The molecule has 0 aliphatic carbocycles. The van der Waals surface area contributed by atoms with Crippen molar-refractivity contribution in [2.75, 3.05) is 25.5 Å². The van der Waals surface area contributed by atoms with Crippen molar-refractivity contribution in [2.45, 2.75) is 32.1 Å². The maximum Gasteiger partial charge on any atom is 0.225 e. The zero-order valence-electron chi connectivity index (χ0n) is 16.3. The number of benzene rings is 2. The van der Waals surface area contributed by atoms with E-state index in [1.165, 1.54) is 16.7 Å². The number of fused-ring (bicyclic) bond motifs is 1. The van der Waals surface area contributed by atoms with Gasteiger partial charge < -0.3 is 16.0 Å². The monoisotopic (exact) mass is 364 g/mol. The van der Waals surface area contributed by atoms with Crippen molar-refractivity contribution in [3.63, 3.8) is 0 Å². The third-order valence-corrected chi connectivity index (χ3v) is 5.03. The Morgan fingerprint density at radius 1 is 1.22 bits per heavy atom. The largest absolute Gasteiger partial charge is 0.356 e. The molecule has 0 saturated carbocycles. The van der Waals surface area contributed by atoms with Gasteiger partial charge in [-0.15, -0.1) is 0 Å². The quantitative estimate of drug-likeness (QED) is 0.563. The Morgan fingerprint density at radius 2 is 2.04 bits per heavy atom. The summed E-state index contributed by atoms with van der Waals surface area (Å²) < 4.78 is 0. The van der Waals surface area contributed by atoms with Crippen LogP contribution in [-0.4, -0.2) is 32.0 Å². The van der Waals surface area contributed by atoms with E-state index in [0.29, 0.717) is 18.9 Å². The van der Waals surface area contributed by atoms with E-state index in [9.17, 15) is 4.79 Å². The Kier molecular flexibility index (Phi) is 6.12. The van der Waals surface area contributed by atoms with E-state index in [-0.39, 0.29) is 11.8 Å². The van der Waals surface area contributed by atoms with Crippen LogP contribution in [0.25, 0.3) is 0 Å². The molecule has 142 valence electrons. The van der Waals surface area contributed by atoms with Crippen LogP contribution in [0.3, 0.4) is 0 Å². The Bertz CT molecular complexity index is 831. The highest BCUT2D eigenvalue weighted by Gasteiger charge is 2.24. The van der Waals surface area contributed by atoms with E-state index in [0.717, 1.165) is 18.2 Å². The van der Waals surface area contributed by atoms with Crippen LogP contribution in [0, 0.1) is 6.92 Å². The molecule has 0 bridgehead atoms. The Hall–Kier alpha value is -2.82. The lowest BCUT2D eigenvalue weighted by Crippen LogP contribution is -2.41. The van der Waals surface area contributed by atoms with Crippen molar-refractivity contribution >= 4 is 17.6 Å². The van der Waals surface area contributed by atoms with E-state index in [4.69, 9.17) is 0 Å². The number of amides is 1. The number of para-hydroxylation sites is 1. The number of carbonyl (C=O) groups is 1. The fourth-order valence-electron chi connectivity index (χ4n) is 3.47. The van der Waals surface area contributed by atoms with Crippen molar-refractivity contribution in [3.05, 3.63) is 65.2 Å². The molecule has 27 heavy (non-hydrogen) atoms. The highest BCUT2D eigenvalue weighted by Crippen LogP contribution is 2.31. The molecule has 2 aromatic carbocycles. The predicted octanol–water partition coefficient (Wildman–Crippen LogP) is 3.39. The smallest absolute Gasteiger partial charge is 0.225 e. The summed E-state index contributed by atoms with van der Waals surface area (Å²) in [5.74, 6) is 1.35. The molecule has 0 saturated heterocycles. The first-order chi connectivity index (χ1) is 13.1. The Balaban J connectivity index is 1.56. The van der Waals surface area contributed by atoms with Crippen molar-refractivity contribution in [2.24, 2.45) is 4.99 Å². The van der Waals surface area contributed by atoms with Gasteiger partial charge in [-0.2, -0.15) is 0 Å². The molecule has 0 fully saturated rings. The van der Waals surface area contributed by atoms with Gasteiger partial charge in [0.25, 0.3) is 0 Å². The number of guanidine groups is 1. The van der Waals surface area contributed by atoms with Gasteiger partial charge in [0.05, 0.1) is 0 Å². The molecule has 1 aliphatic rings. The van der Waals surface area contributed by atoms with E-state index in [1.807, 2.05) is 18.2 Å². The lowest BCUT2D eigenvalue weighted by Gasteiger charge is -2.26. The first-order valence-electron chi connectivity index (χ1n) is 9.46. The summed E-state index contributed by atoms with van der Waals surface area (Å²) in [6.07, 6.45) is 0.487. The lowest BCUT2D eigenvalue weighted by atomic mass is 9.90. The van der Waals surface area contributed by atoms with Gasteiger partial charge in [-0.3, -0.25) is 9.79 Å². The Morgan fingerprint density at radius 3 is 2.81 bits per heavy atom. The molecule has 5 heteroatoms. The van der Waals surface area contributed by atoms with Crippen molar-refractivity contribution < 1.29 is 4.79 Å². The lowest BCUT2D eigenvalue weighted by molar-refractivity contribution is -0.116. The molecule has 2 unspecified atom stereocenters. The average molecular weight is 364 g/mol. The molecular formula is C22H28N4O. The summed E-state index contributed by atoms with van der Waals surface area (Å²) >= 11 is 0. The van der Waals surface area contributed by atoms with Crippen LogP contribution in [0.1, 0.15) is 41.9 Å². The second-order valence-electron chi connectivity index (χ2n) is 7.19. The third-order valence-electron chi connectivity index (χ3n) is 5.03. The van der Waals surface area contributed by atoms with Gasteiger partial charge in [-0.05, 0) is 30.0 Å². The maximum atomic E-state index is 12.0. The van der Waals surface area contributed by atoms with Crippen LogP contribution in [0.15, 0.2) is 53.5 Å². The van der Waals surface area contributed by atoms with Crippen LogP contribution in [-0.2, 0) is 4.79 Å². The topological polar surface area (TPSA) is 65.5 Å². The Labute approximate surface area is 161 Å². The van der Waals surface area contributed by atoms with Crippen LogP contribution < -0.4 is 16.0 Å². The predicted molar refractivity (Wildman–Crippen MR) is 111 cm³/mol. The van der Waals surface area contributed by atoms with Crippen LogP contribution in [0.5, 0.6) is 0 Å². The normalized spacial score (nSPS) is 17.7. The molecule has 1 heterocycles. The summed E-state index contributed by atoms with van der Waals surface area (Å²) in [5, 5.41) is 9.72. The second-order valence-corrected chi connectivity index (χ2v) is 7.19. The van der Waals surface area contributed by atoms with Gasteiger partial charge in [0.2, 0.25) is 5.91 Å². The summed E-state index contributed by atoms with van der Waals surface area (Å²) in [6, 6.07) is 16.6. The number of nitrogens with one attached hydrogen (secondary N) is 3. The number of rotatable bonds is 5. The van der Waals surface area contributed by atoms with Crippen LogP contribution >= 0.6 is 0 Å². The molecule has 1 aliphatic heterocycles. The number of hydrogen-bond donors (Lipinski definition) is 3. The van der Waals surface area contributed by atoms with E-state index >= 15 is 0 Å². The zero-order chi connectivity index (χ0) is 19.2. The maximum absolute atomic E-state index is 12.0. The number of aryl methyl sites for hydroxylation is 1. The molecule has 2 atom stereocenters. The summed E-state index contributed by atoms with van der Waals surface area (Å²) in [4.78, 5) is 16.3. The minimum Gasteiger partial charge on any atom is -0.356 e. The number of hydrogen-bond acceptors (Lipinski definition) is 2. The van der Waals surface area contributed by atoms with Crippen LogP contribution in [0.4, 0.5) is 5.69 Å². The first-order valence-corrected chi connectivity index (χ1v) is 9.46. The number of anilines is 1. The van der Waals surface area contributed by atoms with Crippen molar-refractivity contribution in [1.29, 1.82) is 0 Å². The van der Waals surface area contributed by atoms with E-state index in [2.05, 4.69) is 65.1 Å². The molecular weight excluding hydrogens is 336 g/mol. The fraction of sp³-hybridized carbons (Fsp3) is 0.364. The van der Waals surface area contributed by atoms with E-state index < -0.39 is 0 Å². The fourth-order valence-corrected chi connectivity index (χ4v) is 3.47. The van der Waals surface area contributed by atoms with Gasteiger partial charge in [-0.25, -0.2) is 0 Å². The summed E-state index contributed by atoms with van der Waals surface area (Å²) in [5.41, 5.74) is 4.68. The summed E-state index contributed by atoms with van der Waals surface area (Å²) in [7, 11) is 1.77. The molecule has 0 spiro atoms. The second kappa shape index (κ2) is 8.71. The third kappa shape index (κ3) is 4.88. The van der Waals surface area contributed by atoms with Gasteiger partial charge in [0.1, 0.15) is 0 Å². The molecule has 1 amide bonds. The first kappa shape index (κ1) is 19.0. The highest BCUT2D eigenvalue weighted by molar-refractivity contribution is 5.94. The number of nitrogens with zero attached hydrogens (tertiary/aromatic N) is 1. The summed E-state index contributed by atoms with van der Waals surface area (Å²) in [6.45, 7) is 5.78. The zero-order valence-corrected chi connectivity index (χ0v) is 16.3. The SMILES string of the molecule is CN=C(NCC(C)c1cccc(C)c1)NCC1CC(=O)Nc2ccccc21. The molecule has 5 nitrogen and oxygen atoms in total. The molecule has 0 aromatic heterocycles. The standard InChI is InChI=1S/C22H28N4O/c1-15-7-6-8-17(11-15)16(2)13-24-22(23-3)25-14-18-12-21(27)26-20-10-5-4-9-19(18)20/h4-11,16,18H,12-14H2,1-3H3,(H,26,27)(H2,23,24,25).